The number of hydrogen-bond donors (Lipinski definition) is 0. The molecule has 3 heteroatoms. The maximum absolute atomic E-state index is 12.7. The number of ketones is 2. The highest BCUT2D eigenvalue weighted by Crippen LogP contribution is 2.45. The summed E-state index contributed by atoms with van der Waals surface area (Å²) in [6.45, 7) is 2.90. The van der Waals surface area contributed by atoms with Crippen LogP contribution in [0.4, 0.5) is 0 Å². The normalized spacial score (nSPS) is 28.1. The third-order valence-corrected chi connectivity index (χ3v) is 5.20. The fourth-order valence-electron chi connectivity index (χ4n) is 4.21. The van der Waals surface area contributed by atoms with E-state index in [9.17, 15) is 9.59 Å². The van der Waals surface area contributed by atoms with E-state index in [2.05, 4.69) is 29.2 Å². The molecule has 0 amide bonds. The second kappa shape index (κ2) is 4.55. The number of carbonyl (C=O) groups excluding carboxylic acids is 2. The largest absolute Gasteiger partial charge is 0.366 e. The molecule has 3 nitrogen and oxygen atoms in total. The number of hydrogen-bond acceptors (Lipinski definition) is 3. The van der Waals surface area contributed by atoms with Crippen molar-refractivity contribution < 1.29 is 9.59 Å². The zero-order valence-electron chi connectivity index (χ0n) is 12.3. The van der Waals surface area contributed by atoms with E-state index in [1.807, 2.05) is 6.92 Å². The van der Waals surface area contributed by atoms with Gasteiger partial charge in [0.1, 0.15) is 0 Å². The molecule has 1 aromatic carbocycles. The highest BCUT2D eigenvalue weighted by Gasteiger charge is 2.45. The molecule has 2 atom stereocenters. The van der Waals surface area contributed by atoms with Gasteiger partial charge < -0.3 is 4.90 Å². The van der Waals surface area contributed by atoms with Gasteiger partial charge in [0, 0.05) is 24.6 Å². The lowest BCUT2D eigenvalue weighted by Gasteiger charge is -2.47. The van der Waals surface area contributed by atoms with E-state index >= 15 is 0 Å². The van der Waals surface area contributed by atoms with Gasteiger partial charge in [-0.1, -0.05) is 31.2 Å². The summed E-state index contributed by atoms with van der Waals surface area (Å²) in [5.74, 6) is -0.00897. The summed E-state index contributed by atoms with van der Waals surface area (Å²) in [6, 6.07) is 8.55. The second-order valence-electron chi connectivity index (χ2n) is 6.34. The van der Waals surface area contributed by atoms with Crippen LogP contribution in [0.25, 0.3) is 0 Å². The Bertz CT molecular complexity index is 674. The minimum atomic E-state index is -0.132. The quantitative estimate of drug-likeness (QED) is 0.686. The molecule has 1 aliphatic carbocycles. The van der Waals surface area contributed by atoms with E-state index in [-0.39, 0.29) is 23.5 Å². The minimum Gasteiger partial charge on any atom is -0.366 e. The average Bonchev–Trinajstić information content (AvgIpc) is 2.51. The fourth-order valence-corrected chi connectivity index (χ4v) is 4.21. The zero-order valence-corrected chi connectivity index (χ0v) is 12.3. The van der Waals surface area contributed by atoms with Crippen LogP contribution in [0, 0.1) is 5.92 Å². The summed E-state index contributed by atoms with van der Waals surface area (Å²) in [5, 5.41) is 0. The Morgan fingerprint density at radius 3 is 2.76 bits per heavy atom. The van der Waals surface area contributed by atoms with E-state index in [1.54, 1.807) is 0 Å². The molecule has 2 unspecified atom stereocenters. The number of nitrogens with zero attached hydrogens (tertiary/aromatic N) is 1. The topological polar surface area (TPSA) is 37.4 Å². The summed E-state index contributed by atoms with van der Waals surface area (Å²) < 4.78 is 0. The molecular formula is C18H19NO2. The number of Topliss-reactive ketones (excluding diaryl/α,β-unsaturated/α-hetero) is 2. The van der Waals surface area contributed by atoms with E-state index in [0.717, 1.165) is 31.5 Å². The SMILES string of the molecule is CC1C(=O)C2=C(CCCC2=O)N2CCc3ccccc3C12. The van der Waals surface area contributed by atoms with Crippen LogP contribution in [0.2, 0.25) is 0 Å². The fraction of sp³-hybridized carbons (Fsp3) is 0.444. The monoisotopic (exact) mass is 281 g/mol. The maximum atomic E-state index is 12.7. The summed E-state index contributed by atoms with van der Waals surface area (Å²) >= 11 is 0. The highest BCUT2D eigenvalue weighted by atomic mass is 16.2. The van der Waals surface area contributed by atoms with Crippen LogP contribution >= 0.6 is 0 Å². The molecular weight excluding hydrogens is 262 g/mol. The number of carbonyl (C=O) groups is 2. The van der Waals surface area contributed by atoms with Gasteiger partial charge in [0.25, 0.3) is 0 Å². The number of benzene rings is 1. The Morgan fingerprint density at radius 1 is 1.10 bits per heavy atom. The molecule has 2 aliphatic heterocycles. The molecule has 4 rings (SSSR count). The molecule has 1 aromatic rings. The van der Waals surface area contributed by atoms with Crippen molar-refractivity contribution in [3.05, 3.63) is 46.7 Å². The zero-order chi connectivity index (χ0) is 14.6. The Hall–Kier alpha value is -1.90. The van der Waals surface area contributed by atoms with E-state index in [0.29, 0.717) is 12.0 Å². The molecule has 0 spiro atoms. The van der Waals surface area contributed by atoms with E-state index in [1.165, 1.54) is 11.1 Å². The van der Waals surface area contributed by atoms with Gasteiger partial charge in [-0.05, 0) is 30.4 Å². The van der Waals surface area contributed by atoms with Crippen molar-refractivity contribution in [2.75, 3.05) is 6.54 Å². The first-order chi connectivity index (χ1) is 10.2. The van der Waals surface area contributed by atoms with E-state index < -0.39 is 0 Å². The second-order valence-corrected chi connectivity index (χ2v) is 6.34. The number of fused-ring (bicyclic) bond motifs is 4. The Morgan fingerprint density at radius 2 is 1.90 bits per heavy atom. The van der Waals surface area contributed by atoms with Crippen LogP contribution in [0.1, 0.15) is 43.4 Å². The van der Waals surface area contributed by atoms with Gasteiger partial charge >= 0.3 is 0 Å². The van der Waals surface area contributed by atoms with Gasteiger partial charge in [-0.15, -0.1) is 0 Å². The molecule has 0 fully saturated rings. The van der Waals surface area contributed by atoms with Crippen molar-refractivity contribution in [3.63, 3.8) is 0 Å². The lowest BCUT2D eigenvalue weighted by molar-refractivity contribution is -0.127. The molecule has 0 bridgehead atoms. The van der Waals surface area contributed by atoms with Crippen LogP contribution < -0.4 is 0 Å². The molecule has 3 aliphatic rings. The Kier molecular flexibility index (Phi) is 2.78. The molecule has 0 saturated carbocycles. The van der Waals surface area contributed by atoms with Crippen molar-refractivity contribution >= 4 is 11.6 Å². The van der Waals surface area contributed by atoms with Crippen molar-refractivity contribution in [3.8, 4) is 0 Å². The molecule has 0 N–H and O–H groups in total. The molecule has 0 aromatic heterocycles. The van der Waals surface area contributed by atoms with Gasteiger partial charge in [-0.2, -0.15) is 0 Å². The summed E-state index contributed by atoms with van der Waals surface area (Å²) in [4.78, 5) is 27.3. The third-order valence-electron chi connectivity index (χ3n) is 5.20. The van der Waals surface area contributed by atoms with Gasteiger partial charge in [-0.25, -0.2) is 0 Å². The first-order valence-electron chi connectivity index (χ1n) is 7.83. The van der Waals surface area contributed by atoms with Gasteiger partial charge in [-0.3, -0.25) is 9.59 Å². The lowest BCUT2D eigenvalue weighted by atomic mass is 9.74. The van der Waals surface area contributed by atoms with Crippen molar-refractivity contribution in [1.82, 2.24) is 4.90 Å². The lowest BCUT2D eigenvalue weighted by Crippen LogP contribution is -2.47. The van der Waals surface area contributed by atoms with E-state index in [4.69, 9.17) is 0 Å². The van der Waals surface area contributed by atoms with Crippen LogP contribution in [0.5, 0.6) is 0 Å². The molecule has 21 heavy (non-hydrogen) atoms. The average molecular weight is 281 g/mol. The smallest absolute Gasteiger partial charge is 0.173 e. The van der Waals surface area contributed by atoms with Gasteiger partial charge in [0.2, 0.25) is 0 Å². The Labute approximate surface area is 124 Å². The van der Waals surface area contributed by atoms with Crippen molar-refractivity contribution in [1.29, 1.82) is 0 Å². The first kappa shape index (κ1) is 12.8. The van der Waals surface area contributed by atoms with Crippen LogP contribution in [-0.2, 0) is 16.0 Å². The summed E-state index contributed by atoms with van der Waals surface area (Å²) in [7, 11) is 0. The number of allylic oxidation sites excluding steroid dienone is 2. The van der Waals surface area contributed by atoms with Gasteiger partial charge in [0.05, 0.1) is 11.6 Å². The van der Waals surface area contributed by atoms with Gasteiger partial charge in [0.15, 0.2) is 11.6 Å². The predicted octanol–water partition coefficient (Wildman–Crippen LogP) is 2.81. The standard InChI is InChI=1S/C18H19NO2/c1-11-17-13-6-3-2-5-12(13)9-10-19(17)14-7-4-8-15(20)16(14)18(11)21/h2-3,5-6,11,17H,4,7-10H2,1H3. The number of rotatable bonds is 0. The van der Waals surface area contributed by atoms with Crippen LogP contribution in [-0.4, -0.2) is 23.0 Å². The molecule has 2 heterocycles. The maximum Gasteiger partial charge on any atom is 0.173 e. The highest BCUT2D eigenvalue weighted by molar-refractivity contribution is 6.22. The summed E-state index contributed by atoms with van der Waals surface area (Å²) in [5.41, 5.74) is 4.16. The molecule has 0 radical (unpaired) electrons. The minimum absolute atomic E-state index is 0.0606. The van der Waals surface area contributed by atoms with Crippen molar-refractivity contribution in [2.24, 2.45) is 5.92 Å². The molecule has 0 saturated heterocycles. The van der Waals surface area contributed by atoms with Crippen LogP contribution in [0.3, 0.4) is 0 Å². The summed E-state index contributed by atoms with van der Waals surface area (Å²) in [6.07, 6.45) is 3.29. The van der Waals surface area contributed by atoms with Crippen LogP contribution in [0.15, 0.2) is 35.5 Å². The third kappa shape index (κ3) is 1.73. The van der Waals surface area contributed by atoms with Crippen molar-refractivity contribution in [2.45, 2.75) is 38.6 Å². The Balaban J connectivity index is 1.88. The molecule has 108 valence electrons. The first-order valence-corrected chi connectivity index (χ1v) is 7.83. The predicted molar refractivity (Wildman–Crippen MR) is 79.6 cm³/mol.